The van der Waals surface area contributed by atoms with Crippen molar-refractivity contribution in [2.24, 2.45) is 5.10 Å². The molecule has 2 amide bonds. The van der Waals surface area contributed by atoms with Gasteiger partial charge in [-0.3, -0.25) is 9.59 Å². The predicted molar refractivity (Wildman–Crippen MR) is 88.5 cm³/mol. The number of nitrogens with zero attached hydrogens (tertiary/aromatic N) is 1. The van der Waals surface area contributed by atoms with Crippen molar-refractivity contribution in [3.63, 3.8) is 0 Å². The summed E-state index contributed by atoms with van der Waals surface area (Å²) in [5.74, 6) is -1.07. The lowest BCUT2D eigenvalue weighted by Gasteiger charge is -2.05. The van der Waals surface area contributed by atoms with Crippen molar-refractivity contribution in [2.75, 3.05) is 12.4 Å². The SMILES string of the molecule is COc1cccc(NC(=O)C(=O)NN=Cc2ccc(C)cc2)c1. The molecule has 0 aliphatic heterocycles. The highest BCUT2D eigenvalue weighted by Gasteiger charge is 2.12. The largest absolute Gasteiger partial charge is 0.497 e. The molecule has 0 unspecified atom stereocenters. The van der Waals surface area contributed by atoms with E-state index in [1.807, 2.05) is 31.2 Å². The summed E-state index contributed by atoms with van der Waals surface area (Å²) in [7, 11) is 1.52. The van der Waals surface area contributed by atoms with Gasteiger partial charge in [-0.05, 0) is 24.6 Å². The van der Waals surface area contributed by atoms with Gasteiger partial charge < -0.3 is 10.1 Å². The van der Waals surface area contributed by atoms with E-state index in [1.54, 1.807) is 24.3 Å². The first kappa shape index (κ1) is 16.2. The molecule has 0 atom stereocenters. The Bertz CT molecular complexity index is 724. The van der Waals surface area contributed by atoms with E-state index in [2.05, 4.69) is 15.8 Å². The van der Waals surface area contributed by atoms with Crippen LogP contribution in [0.25, 0.3) is 0 Å². The number of ether oxygens (including phenoxy) is 1. The third-order valence-corrected chi connectivity index (χ3v) is 2.99. The van der Waals surface area contributed by atoms with Crippen LogP contribution in [-0.2, 0) is 9.59 Å². The van der Waals surface area contributed by atoms with Gasteiger partial charge in [0.2, 0.25) is 0 Å². The molecular weight excluding hydrogens is 294 g/mol. The van der Waals surface area contributed by atoms with Crippen molar-refractivity contribution in [3.8, 4) is 5.75 Å². The van der Waals surface area contributed by atoms with Crippen LogP contribution in [0.2, 0.25) is 0 Å². The Morgan fingerprint density at radius 1 is 1.09 bits per heavy atom. The summed E-state index contributed by atoms with van der Waals surface area (Å²) < 4.78 is 5.04. The number of hydrogen-bond donors (Lipinski definition) is 2. The predicted octanol–water partition coefficient (Wildman–Crippen LogP) is 2.09. The Morgan fingerprint density at radius 2 is 1.83 bits per heavy atom. The van der Waals surface area contributed by atoms with E-state index >= 15 is 0 Å². The maximum atomic E-state index is 11.8. The van der Waals surface area contributed by atoms with Crippen LogP contribution < -0.4 is 15.5 Å². The Labute approximate surface area is 134 Å². The minimum absolute atomic E-state index is 0.465. The van der Waals surface area contributed by atoms with Gasteiger partial charge in [-0.15, -0.1) is 0 Å². The van der Waals surface area contributed by atoms with Gasteiger partial charge in [-0.1, -0.05) is 35.9 Å². The van der Waals surface area contributed by atoms with Crippen molar-refractivity contribution in [1.82, 2.24) is 5.43 Å². The molecule has 2 aromatic rings. The molecule has 2 N–H and O–H groups in total. The molecule has 6 heteroatoms. The monoisotopic (exact) mass is 311 g/mol. The molecular formula is C17H17N3O3. The molecule has 0 bridgehead atoms. The zero-order valence-corrected chi connectivity index (χ0v) is 12.9. The molecule has 0 aliphatic carbocycles. The molecule has 6 nitrogen and oxygen atoms in total. The zero-order chi connectivity index (χ0) is 16.7. The van der Waals surface area contributed by atoms with Gasteiger partial charge in [0.1, 0.15) is 5.75 Å². The molecule has 23 heavy (non-hydrogen) atoms. The highest BCUT2D eigenvalue weighted by atomic mass is 16.5. The Kier molecular flexibility index (Phi) is 5.46. The molecule has 0 saturated carbocycles. The number of aryl methyl sites for hydroxylation is 1. The topological polar surface area (TPSA) is 79.8 Å². The highest BCUT2D eigenvalue weighted by Crippen LogP contribution is 2.16. The van der Waals surface area contributed by atoms with Crippen molar-refractivity contribution < 1.29 is 14.3 Å². The third-order valence-electron chi connectivity index (χ3n) is 2.99. The maximum absolute atomic E-state index is 11.8. The second-order valence-electron chi connectivity index (χ2n) is 4.80. The number of hydrogen-bond acceptors (Lipinski definition) is 4. The molecule has 0 aromatic heterocycles. The maximum Gasteiger partial charge on any atom is 0.329 e. The molecule has 0 fully saturated rings. The smallest absolute Gasteiger partial charge is 0.329 e. The second kappa shape index (κ2) is 7.74. The van der Waals surface area contributed by atoms with E-state index < -0.39 is 11.8 Å². The van der Waals surface area contributed by atoms with Gasteiger partial charge in [0, 0.05) is 11.8 Å². The van der Waals surface area contributed by atoms with Gasteiger partial charge in [0.05, 0.1) is 13.3 Å². The first-order valence-corrected chi connectivity index (χ1v) is 6.93. The summed E-state index contributed by atoms with van der Waals surface area (Å²) in [4.78, 5) is 23.4. The number of anilines is 1. The number of carbonyl (C=O) groups excluding carboxylic acids is 2. The van der Waals surface area contributed by atoms with E-state index in [-0.39, 0.29) is 0 Å². The number of nitrogens with one attached hydrogen (secondary N) is 2. The lowest BCUT2D eigenvalue weighted by molar-refractivity contribution is -0.136. The Morgan fingerprint density at radius 3 is 2.52 bits per heavy atom. The number of amides is 2. The summed E-state index contributed by atoms with van der Waals surface area (Å²) in [6.07, 6.45) is 1.47. The number of carbonyl (C=O) groups is 2. The summed E-state index contributed by atoms with van der Waals surface area (Å²) >= 11 is 0. The summed E-state index contributed by atoms with van der Waals surface area (Å²) in [5, 5.41) is 6.23. The average molecular weight is 311 g/mol. The van der Waals surface area contributed by atoms with E-state index in [0.29, 0.717) is 11.4 Å². The fourth-order valence-electron chi connectivity index (χ4n) is 1.76. The molecule has 0 saturated heterocycles. The molecule has 2 aromatic carbocycles. The van der Waals surface area contributed by atoms with Gasteiger partial charge in [-0.2, -0.15) is 5.10 Å². The van der Waals surface area contributed by atoms with Crippen LogP contribution in [0.3, 0.4) is 0 Å². The van der Waals surface area contributed by atoms with Crippen LogP contribution in [0.15, 0.2) is 53.6 Å². The number of benzene rings is 2. The lowest BCUT2D eigenvalue weighted by Crippen LogP contribution is -2.32. The minimum atomic E-state index is -0.851. The van der Waals surface area contributed by atoms with Crippen molar-refractivity contribution in [2.45, 2.75) is 6.92 Å². The first-order valence-electron chi connectivity index (χ1n) is 6.93. The van der Waals surface area contributed by atoms with Gasteiger partial charge >= 0.3 is 11.8 Å². The van der Waals surface area contributed by atoms with E-state index in [4.69, 9.17) is 4.74 Å². The van der Waals surface area contributed by atoms with Crippen molar-refractivity contribution in [1.29, 1.82) is 0 Å². The van der Waals surface area contributed by atoms with E-state index in [9.17, 15) is 9.59 Å². The molecule has 118 valence electrons. The quantitative estimate of drug-likeness (QED) is 0.515. The molecule has 0 aliphatic rings. The minimum Gasteiger partial charge on any atom is -0.497 e. The molecule has 0 heterocycles. The summed E-state index contributed by atoms with van der Waals surface area (Å²) in [6, 6.07) is 14.3. The average Bonchev–Trinajstić information content (AvgIpc) is 2.56. The van der Waals surface area contributed by atoms with Crippen LogP contribution >= 0.6 is 0 Å². The number of methoxy groups -OCH3 is 1. The van der Waals surface area contributed by atoms with Gasteiger partial charge in [0.15, 0.2) is 0 Å². The van der Waals surface area contributed by atoms with Gasteiger partial charge in [-0.25, -0.2) is 5.43 Å². The summed E-state index contributed by atoms with van der Waals surface area (Å²) in [6.45, 7) is 1.98. The summed E-state index contributed by atoms with van der Waals surface area (Å²) in [5.41, 5.74) is 4.60. The lowest BCUT2D eigenvalue weighted by atomic mass is 10.2. The third kappa shape index (κ3) is 4.96. The first-order chi connectivity index (χ1) is 11.1. The molecule has 2 rings (SSSR count). The van der Waals surface area contributed by atoms with Crippen molar-refractivity contribution >= 4 is 23.7 Å². The standard InChI is InChI=1S/C17H17N3O3/c1-12-6-8-13(9-7-12)11-18-20-17(22)16(21)19-14-4-3-5-15(10-14)23-2/h3-11H,1-2H3,(H,19,21)(H,20,22). The fourth-order valence-corrected chi connectivity index (χ4v) is 1.76. The highest BCUT2D eigenvalue weighted by molar-refractivity contribution is 6.39. The van der Waals surface area contributed by atoms with Crippen LogP contribution in [0.4, 0.5) is 5.69 Å². The van der Waals surface area contributed by atoms with Crippen LogP contribution in [0, 0.1) is 6.92 Å². The second-order valence-corrected chi connectivity index (χ2v) is 4.80. The molecule has 0 spiro atoms. The van der Waals surface area contributed by atoms with Crippen molar-refractivity contribution in [3.05, 3.63) is 59.7 Å². The normalized spacial score (nSPS) is 10.3. The Balaban J connectivity index is 1.89. The zero-order valence-electron chi connectivity index (χ0n) is 12.9. The van der Waals surface area contributed by atoms with E-state index in [0.717, 1.165) is 11.1 Å². The number of rotatable bonds is 4. The van der Waals surface area contributed by atoms with E-state index in [1.165, 1.54) is 13.3 Å². The van der Waals surface area contributed by atoms with Crippen LogP contribution in [0.1, 0.15) is 11.1 Å². The Hall–Kier alpha value is -3.15. The number of hydrazone groups is 1. The van der Waals surface area contributed by atoms with Crippen LogP contribution in [-0.4, -0.2) is 25.1 Å². The van der Waals surface area contributed by atoms with Gasteiger partial charge in [0.25, 0.3) is 0 Å². The van der Waals surface area contributed by atoms with Crippen LogP contribution in [0.5, 0.6) is 5.75 Å². The molecule has 0 radical (unpaired) electrons. The fraction of sp³-hybridized carbons (Fsp3) is 0.118.